The van der Waals surface area contributed by atoms with Gasteiger partial charge in [-0.2, -0.15) is 0 Å². The number of aliphatic carboxylic acids is 1. The summed E-state index contributed by atoms with van der Waals surface area (Å²) in [7, 11) is 0. The zero-order valence-electron chi connectivity index (χ0n) is 22.2. The minimum Gasteiger partial charge on any atom is -0.491 e. The Labute approximate surface area is 236 Å². The molecule has 2 aromatic heterocycles. The molecule has 0 saturated heterocycles. The van der Waals surface area contributed by atoms with Crippen molar-refractivity contribution < 1.29 is 32.5 Å². The molecule has 1 atom stereocenters. The molecule has 1 unspecified atom stereocenters. The van der Waals surface area contributed by atoms with Crippen LogP contribution in [0.15, 0.2) is 59.7 Å². The molecule has 0 saturated carbocycles. The Morgan fingerprint density at radius 2 is 1.76 bits per heavy atom. The van der Waals surface area contributed by atoms with Gasteiger partial charge in [0, 0.05) is 42.2 Å². The van der Waals surface area contributed by atoms with E-state index in [-0.39, 0.29) is 41.3 Å². The molecule has 0 aliphatic rings. The fourth-order valence-electron chi connectivity index (χ4n) is 3.51. The van der Waals surface area contributed by atoms with Crippen molar-refractivity contribution >= 4 is 17.5 Å². The molecule has 13 nitrogen and oxygen atoms in total. The van der Waals surface area contributed by atoms with Crippen LogP contribution in [0.5, 0.6) is 11.5 Å². The fourth-order valence-corrected chi connectivity index (χ4v) is 3.51. The van der Waals surface area contributed by atoms with Crippen molar-refractivity contribution in [3.8, 4) is 17.4 Å². The molecule has 4 rings (SSSR count). The Balaban J connectivity index is 0.00000114. The molecule has 0 amide bonds. The smallest absolute Gasteiger partial charge is 0.350 e. The van der Waals surface area contributed by atoms with Crippen LogP contribution in [-0.4, -0.2) is 68.2 Å². The lowest BCUT2D eigenvalue weighted by molar-refractivity contribution is -0.134. The standard InChI is InChI=1S/C24H23F3N8O3.C2H4O2/c25-6-10-37-16-12-17(19(27)18(13-16)38-11-7-26)20(32-15-4-2-14(3-5-15)21(28)29)22-33-24(36)35(34-22)23-30-8-1-9-31-23;1-2(3)4/h1-5,8-9,12-13,20,32H,6-7,10-11H2,(H3,28,29)(H,33,34,36);1H3,(H,3,4). The maximum atomic E-state index is 15.7. The first-order valence-electron chi connectivity index (χ1n) is 12.2. The van der Waals surface area contributed by atoms with Crippen molar-refractivity contribution in [3.05, 3.63) is 88.1 Å². The number of ether oxygens (including phenoxy) is 2. The lowest BCUT2D eigenvalue weighted by Gasteiger charge is -2.21. The van der Waals surface area contributed by atoms with Crippen molar-refractivity contribution in [1.82, 2.24) is 24.7 Å². The SMILES string of the molecule is CC(=O)O.N=C(N)c1ccc(NC(c2nn(-c3ncccn3)c(=O)[nH]2)c2cc(OCCF)cc(OCCF)c2F)cc1. The van der Waals surface area contributed by atoms with E-state index in [2.05, 4.69) is 25.4 Å². The van der Waals surface area contributed by atoms with Gasteiger partial charge in [0.05, 0.1) is 0 Å². The Morgan fingerprint density at radius 3 is 2.36 bits per heavy atom. The van der Waals surface area contributed by atoms with Crippen LogP contribution in [0, 0.1) is 11.2 Å². The van der Waals surface area contributed by atoms with Crippen LogP contribution in [0.1, 0.15) is 29.9 Å². The highest BCUT2D eigenvalue weighted by molar-refractivity contribution is 5.95. The number of aromatic nitrogens is 5. The third-order valence-electron chi connectivity index (χ3n) is 5.19. The third kappa shape index (κ3) is 8.30. The number of halogens is 3. The van der Waals surface area contributed by atoms with E-state index >= 15 is 4.39 Å². The Kier molecular flexibility index (Phi) is 11.0. The number of nitrogens with zero attached hydrogens (tertiary/aromatic N) is 4. The summed E-state index contributed by atoms with van der Waals surface area (Å²) in [6.45, 7) is -1.32. The maximum absolute atomic E-state index is 15.7. The summed E-state index contributed by atoms with van der Waals surface area (Å²) in [5.74, 6) is -2.18. The highest BCUT2D eigenvalue weighted by Gasteiger charge is 2.27. The molecule has 222 valence electrons. The van der Waals surface area contributed by atoms with Gasteiger partial charge in [0.1, 0.15) is 44.2 Å². The summed E-state index contributed by atoms with van der Waals surface area (Å²) in [6, 6.07) is 9.24. The predicted molar refractivity (Wildman–Crippen MR) is 145 cm³/mol. The van der Waals surface area contributed by atoms with E-state index in [9.17, 15) is 13.6 Å². The molecule has 2 heterocycles. The Hall–Kier alpha value is -5.41. The largest absolute Gasteiger partial charge is 0.491 e. The molecule has 4 aromatic rings. The number of nitrogen functional groups attached to an aromatic ring is 1. The summed E-state index contributed by atoms with van der Waals surface area (Å²) in [4.78, 5) is 32.3. The second kappa shape index (κ2) is 14.8. The molecule has 0 fully saturated rings. The number of anilines is 1. The lowest BCUT2D eigenvalue weighted by atomic mass is 10.0. The Morgan fingerprint density at radius 1 is 1.14 bits per heavy atom. The number of amidine groups is 1. The molecular weight excluding hydrogens is 561 g/mol. The minimum absolute atomic E-state index is 0.0166. The number of carboxylic acids is 1. The summed E-state index contributed by atoms with van der Waals surface area (Å²) in [6.07, 6.45) is 2.85. The number of nitrogens with one attached hydrogen (secondary N) is 3. The molecule has 16 heteroatoms. The van der Waals surface area contributed by atoms with Crippen molar-refractivity contribution in [3.63, 3.8) is 0 Å². The van der Waals surface area contributed by atoms with Crippen molar-refractivity contribution in [2.75, 3.05) is 31.9 Å². The van der Waals surface area contributed by atoms with Crippen LogP contribution in [0.25, 0.3) is 5.95 Å². The lowest BCUT2D eigenvalue weighted by Crippen LogP contribution is -2.18. The summed E-state index contributed by atoms with van der Waals surface area (Å²) in [5, 5.41) is 22.3. The van der Waals surface area contributed by atoms with Crippen LogP contribution < -0.4 is 26.2 Å². The topological polar surface area (TPSA) is 194 Å². The number of benzene rings is 2. The first kappa shape index (κ1) is 31.1. The number of hydrogen-bond donors (Lipinski definition) is 5. The van der Waals surface area contributed by atoms with Gasteiger partial charge in [-0.3, -0.25) is 15.2 Å². The van der Waals surface area contributed by atoms with Gasteiger partial charge in [0.2, 0.25) is 0 Å². The Bertz CT molecular complexity index is 1540. The number of alkyl halides is 2. The van der Waals surface area contributed by atoms with Crippen molar-refractivity contribution in [2.45, 2.75) is 13.0 Å². The van der Waals surface area contributed by atoms with Gasteiger partial charge in [-0.25, -0.2) is 27.9 Å². The molecular formula is C26H27F3N8O5. The number of hydrogen-bond acceptors (Lipinski definition) is 9. The quantitative estimate of drug-likeness (QED) is 0.121. The summed E-state index contributed by atoms with van der Waals surface area (Å²) >= 11 is 0. The predicted octanol–water partition coefficient (Wildman–Crippen LogP) is 2.76. The zero-order valence-corrected chi connectivity index (χ0v) is 22.2. The summed E-state index contributed by atoms with van der Waals surface area (Å²) < 4.78 is 52.8. The molecule has 42 heavy (non-hydrogen) atoms. The van der Waals surface area contributed by atoms with E-state index in [0.29, 0.717) is 11.3 Å². The van der Waals surface area contributed by atoms with Gasteiger partial charge in [0.25, 0.3) is 11.9 Å². The average molecular weight is 589 g/mol. The number of carbonyl (C=O) groups is 1. The van der Waals surface area contributed by atoms with Crippen LogP contribution in [-0.2, 0) is 4.79 Å². The molecule has 0 aliphatic carbocycles. The van der Waals surface area contributed by atoms with Gasteiger partial charge < -0.3 is 25.6 Å². The zero-order chi connectivity index (χ0) is 30.6. The van der Waals surface area contributed by atoms with Gasteiger partial charge in [0.15, 0.2) is 17.4 Å². The van der Waals surface area contributed by atoms with Gasteiger partial charge in [-0.05, 0) is 36.4 Å². The highest BCUT2D eigenvalue weighted by atomic mass is 19.1. The monoisotopic (exact) mass is 588 g/mol. The maximum Gasteiger partial charge on any atom is 0.350 e. The number of H-pyrrole nitrogens is 1. The van der Waals surface area contributed by atoms with E-state index in [4.69, 9.17) is 30.5 Å². The second-order valence-corrected chi connectivity index (χ2v) is 8.26. The fraction of sp³-hybridized carbons (Fsp3) is 0.231. The average Bonchev–Trinajstić information content (AvgIpc) is 3.36. The number of nitrogens with two attached hydrogens (primary N) is 1. The molecule has 6 N–H and O–H groups in total. The normalized spacial score (nSPS) is 11.1. The van der Waals surface area contributed by atoms with Crippen LogP contribution in [0.3, 0.4) is 0 Å². The second-order valence-electron chi connectivity index (χ2n) is 8.26. The summed E-state index contributed by atoms with van der Waals surface area (Å²) in [5.41, 5.74) is 5.65. The first-order valence-corrected chi connectivity index (χ1v) is 12.2. The van der Waals surface area contributed by atoms with Crippen molar-refractivity contribution in [2.24, 2.45) is 5.73 Å². The highest BCUT2D eigenvalue weighted by Crippen LogP contribution is 2.35. The van der Waals surface area contributed by atoms with E-state index in [0.717, 1.165) is 11.6 Å². The van der Waals surface area contributed by atoms with E-state index < -0.39 is 43.5 Å². The molecule has 0 bridgehead atoms. The number of rotatable bonds is 12. The molecule has 2 aromatic carbocycles. The molecule has 0 spiro atoms. The van der Waals surface area contributed by atoms with Crippen LogP contribution >= 0.6 is 0 Å². The van der Waals surface area contributed by atoms with Gasteiger partial charge in [-0.1, -0.05) is 0 Å². The van der Waals surface area contributed by atoms with E-state index in [1.54, 1.807) is 30.3 Å². The van der Waals surface area contributed by atoms with Crippen LogP contribution in [0.2, 0.25) is 0 Å². The minimum atomic E-state index is -1.16. The number of carboxylic acid groups (broad SMARTS) is 1. The van der Waals surface area contributed by atoms with Gasteiger partial charge >= 0.3 is 5.69 Å². The van der Waals surface area contributed by atoms with E-state index in [1.807, 2.05) is 0 Å². The molecule has 0 radical (unpaired) electrons. The van der Waals surface area contributed by atoms with E-state index in [1.165, 1.54) is 24.5 Å². The van der Waals surface area contributed by atoms with Gasteiger partial charge in [-0.15, -0.1) is 9.78 Å². The molecule has 0 aliphatic heterocycles. The van der Waals surface area contributed by atoms with Crippen LogP contribution in [0.4, 0.5) is 18.9 Å². The van der Waals surface area contributed by atoms with Crippen molar-refractivity contribution in [1.29, 1.82) is 5.41 Å². The number of aromatic amines is 1. The first-order chi connectivity index (χ1) is 20.1. The third-order valence-corrected chi connectivity index (χ3v) is 5.19.